The van der Waals surface area contributed by atoms with Gasteiger partial charge in [-0.25, -0.2) is 0 Å². The van der Waals surface area contributed by atoms with E-state index >= 15 is 0 Å². The molecular weight excluding hydrogens is 828 g/mol. The predicted molar refractivity (Wildman–Crippen MR) is 232 cm³/mol. The zero-order valence-corrected chi connectivity index (χ0v) is 42.9. The molecule has 0 heterocycles. The lowest BCUT2D eigenvalue weighted by molar-refractivity contribution is -0.153. The average molecular weight is 900 g/mol. The molecular formula is C36H72O10PS2Si5. The summed E-state index contributed by atoms with van der Waals surface area (Å²) in [7, 11) is -10.8. The minimum absolute atomic E-state index is 0.0628. The highest BCUT2D eigenvalue weighted by molar-refractivity contribution is 8.34. The third kappa shape index (κ3) is 16.3. The normalized spacial score (nSPS) is 29.1. The molecule has 313 valence electrons. The fraction of sp³-hybridized carbons (Fsp3) is 0.944. The number of hydrogen-bond donors (Lipinski definition) is 1. The molecule has 3 aliphatic rings. The van der Waals surface area contributed by atoms with Gasteiger partial charge in [-0.05, 0) is 129 Å². The van der Waals surface area contributed by atoms with Crippen LogP contribution in [-0.4, -0.2) is 85.1 Å². The van der Waals surface area contributed by atoms with E-state index in [4.69, 9.17) is 37.1 Å². The fourth-order valence-electron chi connectivity index (χ4n) is 9.01. The summed E-state index contributed by atoms with van der Waals surface area (Å²) in [6, 6.07) is 0.751. The molecule has 0 aliphatic heterocycles. The van der Waals surface area contributed by atoms with Gasteiger partial charge in [-0.2, -0.15) is 0 Å². The Morgan fingerprint density at radius 3 is 1.89 bits per heavy atom. The number of hydrogen-bond acceptors (Lipinski definition) is 11. The smallest absolute Gasteiger partial charge is 0.360 e. The van der Waals surface area contributed by atoms with Crippen LogP contribution in [0.25, 0.3) is 0 Å². The quantitative estimate of drug-likeness (QED) is 0.0682. The van der Waals surface area contributed by atoms with Crippen LogP contribution < -0.4 is 4.89 Å². The first-order chi connectivity index (χ1) is 24.9. The van der Waals surface area contributed by atoms with Gasteiger partial charge in [0.05, 0.1) is 24.5 Å². The molecule has 3 saturated carbocycles. The molecule has 3 rings (SSSR count). The van der Waals surface area contributed by atoms with Gasteiger partial charge in [-0.1, -0.05) is 26.7 Å². The van der Waals surface area contributed by atoms with Gasteiger partial charge < -0.3 is 35.9 Å². The van der Waals surface area contributed by atoms with Crippen molar-refractivity contribution in [3.63, 3.8) is 0 Å². The van der Waals surface area contributed by atoms with Gasteiger partial charge in [0.2, 0.25) is 0 Å². The number of esters is 2. The summed E-state index contributed by atoms with van der Waals surface area (Å²) >= 11 is 5.02. The number of aliphatic hydroxyl groups excluding tert-OH is 1. The second kappa shape index (κ2) is 20.7. The first-order valence-corrected chi connectivity index (χ1v) is 37.6. The second-order valence-electron chi connectivity index (χ2n) is 19.1. The molecule has 54 heavy (non-hydrogen) atoms. The number of ether oxygens (including phenoxy) is 2. The molecule has 7 atom stereocenters. The predicted octanol–water partition coefficient (Wildman–Crippen LogP) is 8.09. The summed E-state index contributed by atoms with van der Waals surface area (Å²) < 4.78 is 38.4. The van der Waals surface area contributed by atoms with Crippen LogP contribution in [0.4, 0.5) is 0 Å². The molecule has 0 aromatic rings. The number of carbonyl (C=O) groups is 2. The first-order valence-electron chi connectivity index (χ1n) is 20.3. The third-order valence-corrected chi connectivity index (χ3v) is 31.9. The van der Waals surface area contributed by atoms with Gasteiger partial charge in [0.15, 0.2) is 16.6 Å². The molecule has 0 aromatic carbocycles. The molecule has 7 unspecified atom stereocenters. The maximum absolute atomic E-state index is 13.5. The molecule has 0 aromatic heterocycles. The Morgan fingerprint density at radius 1 is 0.833 bits per heavy atom. The Hall–Kier alpha value is 0.524. The van der Waals surface area contributed by atoms with E-state index in [1.54, 1.807) is 6.92 Å². The Balaban J connectivity index is 1.57. The molecule has 3 aliphatic carbocycles. The lowest BCUT2D eigenvalue weighted by Crippen LogP contribution is -2.59. The third-order valence-electron chi connectivity index (χ3n) is 11.2. The highest BCUT2D eigenvalue weighted by atomic mass is 32.9. The van der Waals surface area contributed by atoms with Gasteiger partial charge in [0.1, 0.15) is 28.7 Å². The minimum atomic E-state index is -3.14. The van der Waals surface area contributed by atoms with E-state index in [9.17, 15) is 19.6 Å². The lowest BCUT2D eigenvalue weighted by atomic mass is 9.68. The van der Waals surface area contributed by atoms with Crippen molar-refractivity contribution in [1.82, 2.24) is 0 Å². The molecule has 1 N–H and O–H groups in total. The Bertz CT molecular complexity index is 1300. The fourth-order valence-corrected chi connectivity index (χ4v) is 32.7. The minimum Gasteiger partial charge on any atom is -0.619 e. The van der Waals surface area contributed by atoms with E-state index in [0.717, 1.165) is 34.2 Å². The summed E-state index contributed by atoms with van der Waals surface area (Å²) in [5, 5.41) is 9.65. The van der Waals surface area contributed by atoms with Crippen molar-refractivity contribution in [2.24, 2.45) is 35.0 Å². The molecule has 3 fully saturated rings. The van der Waals surface area contributed by atoms with E-state index in [0.29, 0.717) is 35.7 Å². The molecule has 10 nitrogen and oxygen atoms in total. The van der Waals surface area contributed by atoms with Crippen molar-refractivity contribution in [3.8, 4) is 0 Å². The van der Waals surface area contributed by atoms with Gasteiger partial charge in [0, 0.05) is 35.1 Å². The average Bonchev–Trinajstić information content (AvgIpc) is 3.73. The molecule has 1 spiro atoms. The number of carbonyl (C=O) groups excluding carboxylic acids is 2. The van der Waals surface area contributed by atoms with Gasteiger partial charge in [-0.15, -0.1) is 0 Å². The second-order valence-corrected chi connectivity index (χ2v) is 41.4. The summed E-state index contributed by atoms with van der Waals surface area (Å²) in [4.78, 5) is 38.7. The molecule has 0 amide bonds. The molecule has 0 bridgehead atoms. The van der Waals surface area contributed by atoms with Crippen LogP contribution in [0.3, 0.4) is 0 Å². The van der Waals surface area contributed by atoms with Crippen molar-refractivity contribution in [3.05, 3.63) is 0 Å². The zero-order chi connectivity index (χ0) is 40.7. The summed E-state index contributed by atoms with van der Waals surface area (Å²) in [6.45, 7) is 23.1. The largest absolute Gasteiger partial charge is 0.619 e. The standard InChI is InChI=1S/C36H72O10PS2Si5/c1-27(34(38)41-22-19-30-13-15-31(16-14-30)32-17-20-36(21-18-32)23-33(36)47(40)49-48)25-53(11,44-50(4)43-51(5,6)7)46-54(12,45-52(8,9)10)26-28(2)35(39)42-24-29(3)37/h27-33,37H,13-26H2,1-12H3. The van der Waals surface area contributed by atoms with Gasteiger partial charge in [0.25, 0.3) is 0 Å². The van der Waals surface area contributed by atoms with Crippen molar-refractivity contribution >= 4 is 82.6 Å². The Labute approximate surface area is 342 Å². The maximum Gasteiger partial charge on any atom is 0.360 e. The van der Waals surface area contributed by atoms with E-state index < -0.39 is 73.9 Å². The molecule has 0 saturated heterocycles. The van der Waals surface area contributed by atoms with Crippen molar-refractivity contribution in [1.29, 1.82) is 0 Å². The van der Waals surface area contributed by atoms with E-state index in [-0.39, 0.29) is 12.6 Å². The van der Waals surface area contributed by atoms with Crippen LogP contribution in [0, 0.1) is 35.0 Å². The highest BCUT2D eigenvalue weighted by Crippen LogP contribution is 2.65. The van der Waals surface area contributed by atoms with Gasteiger partial charge in [-0.3, -0.25) is 9.59 Å². The topological polar surface area (TPSA) is 133 Å². The lowest BCUT2D eigenvalue weighted by Gasteiger charge is -2.42. The number of aliphatic hydroxyl groups is 1. The zero-order valence-electron chi connectivity index (χ0n) is 35.3. The summed E-state index contributed by atoms with van der Waals surface area (Å²) in [5.74, 6) is 0.582. The van der Waals surface area contributed by atoms with Crippen molar-refractivity contribution in [2.75, 3.05) is 13.2 Å². The first kappa shape index (κ1) is 48.9. The van der Waals surface area contributed by atoms with Crippen LogP contribution in [0.15, 0.2) is 0 Å². The Kier molecular flexibility index (Phi) is 18.7. The van der Waals surface area contributed by atoms with Crippen molar-refractivity contribution in [2.45, 2.75) is 168 Å². The highest BCUT2D eigenvalue weighted by Gasteiger charge is 2.61. The molecule has 18 heteroatoms. The van der Waals surface area contributed by atoms with E-state index in [1.807, 2.05) is 33.5 Å². The van der Waals surface area contributed by atoms with E-state index in [1.165, 1.54) is 51.4 Å². The maximum atomic E-state index is 13.5. The Morgan fingerprint density at radius 2 is 1.37 bits per heavy atom. The van der Waals surface area contributed by atoms with Crippen LogP contribution in [0.5, 0.6) is 0 Å². The summed E-state index contributed by atoms with van der Waals surface area (Å²) in [5.41, 5.74) is 0.701. The van der Waals surface area contributed by atoms with Crippen LogP contribution >= 0.6 is 6.92 Å². The van der Waals surface area contributed by atoms with Crippen molar-refractivity contribution < 1.29 is 45.5 Å². The van der Waals surface area contributed by atoms with Crippen LogP contribution in [-0.2, 0) is 56.2 Å². The monoisotopic (exact) mass is 899 g/mol. The number of rotatable bonds is 21. The van der Waals surface area contributed by atoms with Gasteiger partial charge >= 0.3 is 38.3 Å². The molecule has 1 radical (unpaired) electrons. The van der Waals surface area contributed by atoms with Crippen LogP contribution in [0.2, 0.25) is 71.0 Å². The summed E-state index contributed by atoms with van der Waals surface area (Å²) in [6.07, 6.45) is 11.1. The SMILES string of the molecule is CC(O)COC(=O)C(C)C[Si](C)(O[Si](C)(C)C)O[Si](C)(CC(C)C(=O)OCCC1CCC(C2CCC3(CC2)CC3[P+]([O-])=S=S)CC1)O[Si](C)O[Si](C)(C)C. The van der Waals surface area contributed by atoms with E-state index in [2.05, 4.69) is 39.3 Å². The van der Waals surface area contributed by atoms with Crippen LogP contribution in [0.1, 0.15) is 85.0 Å².